The molecule has 1 atom stereocenters. The Balaban J connectivity index is 3.84. The van der Waals surface area contributed by atoms with Gasteiger partial charge in [-0.2, -0.15) is 0 Å². The average Bonchev–Trinajstić information content (AvgIpc) is 1.64. The zero-order valence-corrected chi connectivity index (χ0v) is 6.29. The molecule has 0 bridgehead atoms. The fourth-order valence-electron chi connectivity index (χ4n) is 0.257. The SMILES string of the molecule is C=C(N(C)C)[S@@](C)=O. The van der Waals surface area contributed by atoms with Gasteiger partial charge in [0.2, 0.25) is 0 Å². The number of hydrogen-bond acceptors (Lipinski definition) is 2. The largest absolute Gasteiger partial charge is 0.371 e. The van der Waals surface area contributed by atoms with E-state index < -0.39 is 10.8 Å². The Morgan fingerprint density at radius 2 is 2.00 bits per heavy atom. The van der Waals surface area contributed by atoms with Crippen LogP contribution in [0.3, 0.4) is 0 Å². The maximum absolute atomic E-state index is 10.6. The summed E-state index contributed by atoms with van der Waals surface area (Å²) in [5, 5.41) is 0.657. The van der Waals surface area contributed by atoms with Crippen molar-refractivity contribution in [1.82, 2.24) is 4.90 Å². The summed E-state index contributed by atoms with van der Waals surface area (Å²) < 4.78 is 10.6. The molecule has 0 saturated heterocycles. The third kappa shape index (κ3) is 2.12. The lowest BCUT2D eigenvalue weighted by Crippen LogP contribution is -2.12. The molecule has 8 heavy (non-hydrogen) atoms. The molecule has 48 valence electrons. The lowest BCUT2D eigenvalue weighted by atomic mass is 10.8. The fraction of sp³-hybridized carbons (Fsp3) is 0.600. The predicted octanol–water partition coefficient (Wildman–Crippen LogP) is 0.398. The molecule has 0 aromatic heterocycles. The van der Waals surface area contributed by atoms with Gasteiger partial charge in [-0.1, -0.05) is 6.58 Å². The molecule has 0 aliphatic rings. The highest BCUT2D eigenvalue weighted by Gasteiger charge is 1.97. The minimum absolute atomic E-state index is 0.657. The van der Waals surface area contributed by atoms with Gasteiger partial charge in [0.15, 0.2) is 0 Å². The topological polar surface area (TPSA) is 20.3 Å². The molecule has 0 radical (unpaired) electrons. The van der Waals surface area contributed by atoms with Crippen LogP contribution >= 0.6 is 0 Å². The van der Waals surface area contributed by atoms with Gasteiger partial charge in [-0.3, -0.25) is 4.21 Å². The summed E-state index contributed by atoms with van der Waals surface area (Å²) in [5.74, 6) is 0. The van der Waals surface area contributed by atoms with Crippen molar-refractivity contribution in [2.75, 3.05) is 20.4 Å². The molecule has 3 heteroatoms. The zero-order chi connectivity index (χ0) is 6.73. The fourth-order valence-corrected chi connectivity index (χ4v) is 0.771. The second-order valence-corrected chi connectivity index (χ2v) is 3.12. The van der Waals surface area contributed by atoms with Gasteiger partial charge in [0.25, 0.3) is 0 Å². The Kier molecular flexibility index (Phi) is 2.76. The van der Waals surface area contributed by atoms with E-state index in [1.807, 2.05) is 14.1 Å². The van der Waals surface area contributed by atoms with Crippen LogP contribution in [0.15, 0.2) is 11.6 Å². The predicted molar refractivity (Wildman–Crippen MR) is 36.9 cm³/mol. The summed E-state index contributed by atoms with van der Waals surface area (Å²) in [6.45, 7) is 3.58. The van der Waals surface area contributed by atoms with Crippen LogP contribution in [-0.4, -0.2) is 29.5 Å². The van der Waals surface area contributed by atoms with Crippen LogP contribution in [0.2, 0.25) is 0 Å². The molecule has 0 rings (SSSR count). The van der Waals surface area contributed by atoms with Gasteiger partial charge in [0.1, 0.15) is 0 Å². The quantitative estimate of drug-likeness (QED) is 0.543. The van der Waals surface area contributed by atoms with Crippen LogP contribution in [0, 0.1) is 0 Å². The maximum Gasteiger partial charge on any atom is 0.0940 e. The third-order valence-electron chi connectivity index (χ3n) is 0.831. The molecule has 0 N–H and O–H groups in total. The van der Waals surface area contributed by atoms with Crippen molar-refractivity contribution in [3.8, 4) is 0 Å². The molecule has 0 spiro atoms. The van der Waals surface area contributed by atoms with E-state index in [9.17, 15) is 4.21 Å². The molecule has 0 aromatic rings. The highest BCUT2D eigenvalue weighted by Crippen LogP contribution is 1.96. The Hall–Kier alpha value is -0.310. The van der Waals surface area contributed by atoms with E-state index >= 15 is 0 Å². The molecule has 0 aliphatic carbocycles. The molecule has 0 fully saturated rings. The minimum Gasteiger partial charge on any atom is -0.371 e. The molecule has 0 saturated carbocycles. The van der Waals surface area contributed by atoms with Gasteiger partial charge in [-0.15, -0.1) is 0 Å². The summed E-state index contributed by atoms with van der Waals surface area (Å²) in [6.07, 6.45) is 1.61. The number of hydrogen-bond donors (Lipinski definition) is 0. The third-order valence-corrected chi connectivity index (χ3v) is 1.86. The summed E-state index contributed by atoms with van der Waals surface area (Å²) in [6, 6.07) is 0. The highest BCUT2D eigenvalue weighted by molar-refractivity contribution is 7.88. The molecular formula is C5H11NOS. The summed E-state index contributed by atoms with van der Waals surface area (Å²) >= 11 is 0. The van der Waals surface area contributed by atoms with Crippen LogP contribution in [0.5, 0.6) is 0 Å². The Labute approximate surface area is 52.6 Å². The number of nitrogens with zero attached hydrogens (tertiary/aromatic N) is 1. The molecule has 0 aliphatic heterocycles. The van der Waals surface area contributed by atoms with Gasteiger partial charge >= 0.3 is 0 Å². The van der Waals surface area contributed by atoms with E-state index in [0.717, 1.165) is 0 Å². The van der Waals surface area contributed by atoms with Crippen LogP contribution in [0.25, 0.3) is 0 Å². The molecular weight excluding hydrogens is 122 g/mol. The van der Waals surface area contributed by atoms with Crippen molar-refractivity contribution in [3.63, 3.8) is 0 Å². The Morgan fingerprint density at radius 3 is 2.00 bits per heavy atom. The van der Waals surface area contributed by atoms with Gasteiger partial charge in [-0.05, 0) is 0 Å². The summed E-state index contributed by atoms with van der Waals surface area (Å²) in [7, 11) is 2.74. The molecule has 0 aromatic carbocycles. The Bertz CT molecular complexity index is 120. The zero-order valence-electron chi connectivity index (χ0n) is 5.47. The summed E-state index contributed by atoms with van der Waals surface area (Å²) in [5.41, 5.74) is 0. The van der Waals surface area contributed by atoms with Crippen molar-refractivity contribution in [2.24, 2.45) is 0 Å². The van der Waals surface area contributed by atoms with Crippen molar-refractivity contribution >= 4 is 10.8 Å². The molecule has 0 unspecified atom stereocenters. The van der Waals surface area contributed by atoms with E-state index in [1.54, 1.807) is 11.2 Å². The van der Waals surface area contributed by atoms with E-state index in [-0.39, 0.29) is 0 Å². The van der Waals surface area contributed by atoms with Crippen molar-refractivity contribution < 1.29 is 4.21 Å². The minimum atomic E-state index is -0.909. The van der Waals surface area contributed by atoms with Gasteiger partial charge in [0, 0.05) is 20.4 Å². The first-order valence-corrected chi connectivity index (χ1v) is 3.81. The average molecular weight is 133 g/mol. The monoisotopic (exact) mass is 133 g/mol. The van der Waals surface area contributed by atoms with E-state index in [1.165, 1.54) is 0 Å². The normalized spacial score (nSPS) is 12.9. The first-order chi connectivity index (χ1) is 3.55. The smallest absolute Gasteiger partial charge is 0.0940 e. The van der Waals surface area contributed by atoms with Gasteiger partial charge < -0.3 is 4.90 Å². The van der Waals surface area contributed by atoms with Gasteiger partial charge in [-0.25, -0.2) is 0 Å². The second kappa shape index (κ2) is 2.87. The van der Waals surface area contributed by atoms with E-state index in [2.05, 4.69) is 6.58 Å². The maximum atomic E-state index is 10.6. The van der Waals surface area contributed by atoms with Crippen molar-refractivity contribution in [3.05, 3.63) is 11.6 Å². The first-order valence-electron chi connectivity index (χ1n) is 2.25. The van der Waals surface area contributed by atoms with Crippen LogP contribution < -0.4 is 0 Å². The molecule has 0 amide bonds. The van der Waals surface area contributed by atoms with Crippen molar-refractivity contribution in [1.29, 1.82) is 0 Å². The van der Waals surface area contributed by atoms with Crippen LogP contribution in [0.4, 0.5) is 0 Å². The van der Waals surface area contributed by atoms with E-state index in [4.69, 9.17) is 0 Å². The lowest BCUT2D eigenvalue weighted by Gasteiger charge is -2.11. The van der Waals surface area contributed by atoms with E-state index in [0.29, 0.717) is 5.03 Å². The Morgan fingerprint density at radius 1 is 1.62 bits per heavy atom. The molecule has 2 nitrogen and oxygen atoms in total. The summed E-state index contributed by atoms with van der Waals surface area (Å²) in [4.78, 5) is 1.75. The molecule has 0 heterocycles. The second-order valence-electron chi connectivity index (χ2n) is 1.74. The van der Waals surface area contributed by atoms with Crippen LogP contribution in [0.1, 0.15) is 0 Å². The number of rotatable bonds is 2. The lowest BCUT2D eigenvalue weighted by molar-refractivity contribution is 0.545. The van der Waals surface area contributed by atoms with Crippen molar-refractivity contribution in [2.45, 2.75) is 0 Å². The highest BCUT2D eigenvalue weighted by atomic mass is 32.2. The van der Waals surface area contributed by atoms with Gasteiger partial charge in [0.05, 0.1) is 15.8 Å². The van der Waals surface area contributed by atoms with Crippen LogP contribution in [-0.2, 0) is 10.8 Å². The standard InChI is InChI=1S/C5H11NOS/c1-5(6(2)3)8(4)7/h1H2,2-4H3/t8-/m1/s1. The first kappa shape index (κ1) is 7.69.